The van der Waals surface area contributed by atoms with E-state index in [-0.39, 0.29) is 23.3 Å². The van der Waals surface area contributed by atoms with Crippen molar-refractivity contribution in [1.29, 1.82) is 0 Å². The van der Waals surface area contributed by atoms with Crippen LogP contribution >= 0.6 is 0 Å². The van der Waals surface area contributed by atoms with E-state index < -0.39 is 0 Å². The molecule has 31 heavy (non-hydrogen) atoms. The maximum Gasteiger partial charge on any atom is 0.319 e. The van der Waals surface area contributed by atoms with Gasteiger partial charge in [0, 0.05) is 28.9 Å². The Morgan fingerprint density at radius 3 is 2.52 bits per heavy atom. The van der Waals surface area contributed by atoms with Crippen molar-refractivity contribution in [3.63, 3.8) is 0 Å². The van der Waals surface area contributed by atoms with Crippen LogP contribution in [0.5, 0.6) is 0 Å². The number of nitrogens with zero attached hydrogens (tertiary/aromatic N) is 2. The van der Waals surface area contributed by atoms with Crippen molar-refractivity contribution in [3.8, 4) is 5.69 Å². The molecular weight excluding hydrogens is 395 g/mol. The van der Waals surface area contributed by atoms with Crippen LogP contribution in [0.3, 0.4) is 0 Å². The lowest BCUT2D eigenvalue weighted by molar-refractivity contribution is 0.203. The van der Waals surface area contributed by atoms with Crippen LogP contribution in [0, 0.1) is 18.2 Å². The molecule has 6 nitrogen and oxygen atoms in total. The minimum atomic E-state index is -0.305. The number of halogens is 1. The Balaban J connectivity index is 1.70. The van der Waals surface area contributed by atoms with E-state index >= 15 is 0 Å². The van der Waals surface area contributed by atoms with Gasteiger partial charge in [-0.15, -0.1) is 0 Å². The molecule has 2 aromatic carbocycles. The van der Waals surface area contributed by atoms with Crippen molar-refractivity contribution in [1.82, 2.24) is 14.9 Å². The number of nitrogens with one attached hydrogen (secondary N) is 2. The first-order chi connectivity index (χ1) is 14.6. The van der Waals surface area contributed by atoms with Crippen LogP contribution < -0.4 is 10.6 Å². The van der Waals surface area contributed by atoms with Gasteiger partial charge in [0.2, 0.25) is 0 Å². The number of carbonyl (C=O) groups is 1. The molecule has 0 aliphatic heterocycles. The Morgan fingerprint density at radius 1 is 1.23 bits per heavy atom. The number of methoxy groups -OCH3 is 1. The van der Waals surface area contributed by atoms with Gasteiger partial charge in [-0.3, -0.25) is 4.57 Å². The highest BCUT2D eigenvalue weighted by molar-refractivity contribution is 5.89. The van der Waals surface area contributed by atoms with Crippen LogP contribution in [0.25, 0.3) is 16.7 Å². The molecule has 0 bridgehead atoms. The fourth-order valence-corrected chi connectivity index (χ4v) is 3.48. The topological polar surface area (TPSA) is 68.2 Å². The monoisotopic (exact) mass is 424 g/mol. The third kappa shape index (κ3) is 5.23. The van der Waals surface area contributed by atoms with Crippen LogP contribution in [-0.2, 0) is 4.74 Å². The van der Waals surface area contributed by atoms with Gasteiger partial charge in [0.05, 0.1) is 23.9 Å². The molecule has 0 aliphatic rings. The van der Waals surface area contributed by atoms with E-state index in [0.29, 0.717) is 11.2 Å². The Labute approximate surface area is 182 Å². The number of hydrogen-bond acceptors (Lipinski definition) is 3. The quantitative estimate of drug-likeness (QED) is 0.527. The molecule has 1 unspecified atom stereocenters. The molecule has 164 valence electrons. The van der Waals surface area contributed by atoms with Gasteiger partial charge in [0.1, 0.15) is 12.1 Å². The number of rotatable bonds is 5. The molecule has 2 N–H and O–H groups in total. The summed E-state index contributed by atoms with van der Waals surface area (Å²) in [7, 11) is 1.63. The first-order valence-electron chi connectivity index (χ1n) is 10.2. The van der Waals surface area contributed by atoms with Gasteiger partial charge in [-0.25, -0.2) is 14.2 Å². The van der Waals surface area contributed by atoms with Gasteiger partial charge < -0.3 is 15.4 Å². The first-order valence-corrected chi connectivity index (χ1v) is 10.2. The molecule has 3 rings (SSSR count). The van der Waals surface area contributed by atoms with E-state index in [9.17, 15) is 9.18 Å². The molecule has 1 aromatic heterocycles. The third-order valence-corrected chi connectivity index (χ3v) is 4.92. The molecular formula is C24H29FN4O2. The highest BCUT2D eigenvalue weighted by Crippen LogP contribution is 2.26. The molecule has 0 radical (unpaired) electrons. The highest BCUT2D eigenvalue weighted by Gasteiger charge is 2.19. The smallest absolute Gasteiger partial charge is 0.319 e. The van der Waals surface area contributed by atoms with Crippen molar-refractivity contribution < 1.29 is 13.9 Å². The van der Waals surface area contributed by atoms with E-state index in [1.54, 1.807) is 13.4 Å². The summed E-state index contributed by atoms with van der Waals surface area (Å²) in [4.78, 5) is 16.7. The summed E-state index contributed by atoms with van der Waals surface area (Å²) in [6.07, 6.45) is 3.57. The maximum absolute atomic E-state index is 13.6. The number of fused-ring (bicyclic) bond motifs is 1. The van der Waals surface area contributed by atoms with Gasteiger partial charge in [0.25, 0.3) is 0 Å². The van der Waals surface area contributed by atoms with Gasteiger partial charge in [-0.2, -0.15) is 0 Å². The standard InChI is InChI=1S/C24H29FN4O2/c1-15-11-17(25)13-20-22(15)29(14-26-20)19-9-7-18(8-10-19)28-23(30)27-16(2)12-21(31-6)24(3,4)5/h7-14,16H,1-6H3,(H2,27,28,30)/b21-12-. The minimum absolute atomic E-state index is 0.140. The Morgan fingerprint density at radius 2 is 1.90 bits per heavy atom. The van der Waals surface area contributed by atoms with E-state index in [1.165, 1.54) is 12.1 Å². The third-order valence-electron chi connectivity index (χ3n) is 4.92. The fraction of sp³-hybridized carbons (Fsp3) is 0.333. The number of carbonyl (C=O) groups excluding carboxylic acids is 1. The van der Waals surface area contributed by atoms with Crippen molar-refractivity contribution in [3.05, 3.63) is 65.9 Å². The molecule has 0 saturated heterocycles. The van der Waals surface area contributed by atoms with Crippen LogP contribution in [0.4, 0.5) is 14.9 Å². The molecule has 1 heterocycles. The number of amides is 2. The molecule has 0 aliphatic carbocycles. The van der Waals surface area contributed by atoms with Crippen molar-refractivity contribution in [2.24, 2.45) is 5.41 Å². The SMILES string of the molecule is CO/C(=C\C(C)NC(=O)Nc1ccc(-n2cnc3cc(F)cc(C)c32)cc1)C(C)(C)C. The lowest BCUT2D eigenvalue weighted by Gasteiger charge is -2.23. The Bertz CT molecular complexity index is 1110. The largest absolute Gasteiger partial charge is 0.501 e. The lowest BCUT2D eigenvalue weighted by Crippen LogP contribution is -2.35. The highest BCUT2D eigenvalue weighted by atomic mass is 19.1. The fourth-order valence-electron chi connectivity index (χ4n) is 3.48. The second-order valence-corrected chi connectivity index (χ2v) is 8.62. The van der Waals surface area contributed by atoms with Gasteiger partial charge >= 0.3 is 6.03 Å². The number of ether oxygens (including phenoxy) is 1. The van der Waals surface area contributed by atoms with Crippen LogP contribution in [0.2, 0.25) is 0 Å². The van der Waals surface area contributed by atoms with Crippen molar-refractivity contribution in [2.45, 2.75) is 40.7 Å². The first kappa shape index (κ1) is 22.3. The zero-order chi connectivity index (χ0) is 22.8. The summed E-state index contributed by atoms with van der Waals surface area (Å²) in [5.74, 6) is 0.511. The molecule has 3 aromatic rings. The van der Waals surface area contributed by atoms with Crippen molar-refractivity contribution in [2.75, 3.05) is 12.4 Å². The van der Waals surface area contributed by atoms with Gasteiger partial charge in [0.15, 0.2) is 0 Å². The predicted molar refractivity (Wildman–Crippen MR) is 122 cm³/mol. The number of anilines is 1. The zero-order valence-corrected chi connectivity index (χ0v) is 18.8. The predicted octanol–water partition coefficient (Wildman–Crippen LogP) is 5.56. The second kappa shape index (κ2) is 8.79. The zero-order valence-electron chi connectivity index (χ0n) is 18.8. The molecule has 0 saturated carbocycles. The number of imidazole rings is 1. The van der Waals surface area contributed by atoms with Gasteiger partial charge in [-0.05, 0) is 55.8 Å². The number of benzene rings is 2. The van der Waals surface area contributed by atoms with Gasteiger partial charge in [-0.1, -0.05) is 20.8 Å². The van der Waals surface area contributed by atoms with E-state index in [0.717, 1.165) is 22.5 Å². The summed E-state index contributed by atoms with van der Waals surface area (Å²) in [6, 6.07) is 9.80. The number of hydrogen-bond donors (Lipinski definition) is 2. The second-order valence-electron chi connectivity index (χ2n) is 8.62. The number of allylic oxidation sites excluding steroid dienone is 1. The van der Waals surface area contributed by atoms with E-state index in [4.69, 9.17) is 4.74 Å². The minimum Gasteiger partial charge on any atom is -0.501 e. The van der Waals surface area contributed by atoms with Crippen molar-refractivity contribution >= 4 is 22.8 Å². The molecule has 7 heteroatoms. The van der Waals surface area contributed by atoms with E-state index in [1.807, 2.05) is 48.8 Å². The molecule has 2 amide bonds. The summed E-state index contributed by atoms with van der Waals surface area (Å²) in [5.41, 5.74) is 3.65. The normalized spacial score (nSPS) is 13.2. The van der Waals surface area contributed by atoms with Crippen LogP contribution in [0.1, 0.15) is 33.3 Å². The van der Waals surface area contributed by atoms with E-state index in [2.05, 4.69) is 36.4 Å². The molecule has 0 fully saturated rings. The lowest BCUT2D eigenvalue weighted by atomic mass is 9.92. The molecule has 1 atom stereocenters. The number of urea groups is 1. The van der Waals surface area contributed by atoms with Crippen LogP contribution in [0.15, 0.2) is 54.6 Å². The summed E-state index contributed by atoms with van der Waals surface area (Å²) >= 11 is 0. The maximum atomic E-state index is 13.6. The Hall–Kier alpha value is -3.35. The average molecular weight is 425 g/mol. The van der Waals surface area contributed by atoms with Crippen LogP contribution in [-0.4, -0.2) is 28.7 Å². The number of aromatic nitrogens is 2. The summed E-state index contributed by atoms with van der Waals surface area (Å²) in [5, 5.41) is 5.72. The summed E-state index contributed by atoms with van der Waals surface area (Å²) < 4.78 is 21.0. The summed E-state index contributed by atoms with van der Waals surface area (Å²) in [6.45, 7) is 9.91. The number of aryl methyl sites for hydroxylation is 1. The Kier molecular flexibility index (Phi) is 6.34. The molecule has 0 spiro atoms. The average Bonchev–Trinajstić information content (AvgIpc) is 3.09.